The van der Waals surface area contributed by atoms with Crippen LogP contribution in [0.25, 0.3) is 0 Å². The Kier molecular flexibility index (Phi) is 10.9. The second-order valence-corrected chi connectivity index (χ2v) is 8.30. The van der Waals surface area contributed by atoms with Gasteiger partial charge in [0.1, 0.15) is 0 Å². The molecule has 158 valence electrons. The van der Waals surface area contributed by atoms with Crippen molar-refractivity contribution in [2.24, 2.45) is 0 Å². The monoisotopic (exact) mass is 384 g/mol. The van der Waals surface area contributed by atoms with Crippen molar-refractivity contribution < 1.29 is 14.3 Å². The molecule has 0 aromatic carbocycles. The van der Waals surface area contributed by atoms with Crippen LogP contribution in [0.2, 0.25) is 0 Å². The standard InChI is InChI=1S/C20H40N4O3/c1-14(2)21-9-7-19(25)23-17-11-18(13-27-16(5)6)24(12-17)20(26)8-10-22-15(3)4/h14-18,21-22H,7-13H2,1-6H3,(H,23,25). The van der Waals surface area contributed by atoms with Crippen LogP contribution in [0, 0.1) is 0 Å². The lowest BCUT2D eigenvalue weighted by Gasteiger charge is -2.25. The van der Waals surface area contributed by atoms with E-state index in [0.29, 0.717) is 51.2 Å². The largest absolute Gasteiger partial charge is 0.377 e. The van der Waals surface area contributed by atoms with Gasteiger partial charge in [-0.05, 0) is 20.3 Å². The molecular formula is C20H40N4O3. The molecule has 0 bridgehead atoms. The summed E-state index contributed by atoms with van der Waals surface area (Å²) in [5.41, 5.74) is 0. The zero-order valence-electron chi connectivity index (χ0n) is 18.0. The molecule has 0 saturated carbocycles. The van der Waals surface area contributed by atoms with Gasteiger partial charge in [0.25, 0.3) is 0 Å². The maximum atomic E-state index is 12.7. The first-order valence-corrected chi connectivity index (χ1v) is 10.4. The molecular weight excluding hydrogens is 344 g/mol. The molecule has 1 rings (SSSR count). The van der Waals surface area contributed by atoms with E-state index in [4.69, 9.17) is 4.74 Å². The number of carbonyl (C=O) groups is 2. The maximum absolute atomic E-state index is 12.7. The van der Waals surface area contributed by atoms with Crippen molar-refractivity contribution in [3.05, 3.63) is 0 Å². The van der Waals surface area contributed by atoms with Crippen LogP contribution in [-0.2, 0) is 14.3 Å². The second-order valence-electron chi connectivity index (χ2n) is 8.30. The van der Waals surface area contributed by atoms with Gasteiger partial charge in [-0.3, -0.25) is 9.59 Å². The van der Waals surface area contributed by atoms with Gasteiger partial charge in [0.15, 0.2) is 0 Å². The summed E-state index contributed by atoms with van der Waals surface area (Å²) in [6.07, 6.45) is 1.79. The Balaban J connectivity index is 2.54. The minimum absolute atomic E-state index is 0.000629. The highest BCUT2D eigenvalue weighted by Gasteiger charge is 2.35. The van der Waals surface area contributed by atoms with Crippen LogP contribution >= 0.6 is 0 Å². The molecule has 7 nitrogen and oxygen atoms in total. The van der Waals surface area contributed by atoms with E-state index in [0.717, 1.165) is 6.42 Å². The highest BCUT2D eigenvalue weighted by molar-refractivity contribution is 5.78. The van der Waals surface area contributed by atoms with Crippen LogP contribution in [0.3, 0.4) is 0 Å². The van der Waals surface area contributed by atoms with Gasteiger partial charge < -0.3 is 25.6 Å². The zero-order valence-corrected chi connectivity index (χ0v) is 18.0. The van der Waals surface area contributed by atoms with Crippen molar-refractivity contribution >= 4 is 11.8 Å². The van der Waals surface area contributed by atoms with Gasteiger partial charge in [0, 0.05) is 50.6 Å². The van der Waals surface area contributed by atoms with Crippen LogP contribution < -0.4 is 16.0 Å². The first-order chi connectivity index (χ1) is 12.7. The number of hydrogen-bond acceptors (Lipinski definition) is 5. The Bertz CT molecular complexity index is 455. The molecule has 2 unspecified atom stereocenters. The summed E-state index contributed by atoms with van der Waals surface area (Å²) in [6.45, 7) is 14.7. The van der Waals surface area contributed by atoms with E-state index in [-0.39, 0.29) is 30.0 Å². The van der Waals surface area contributed by atoms with E-state index in [9.17, 15) is 9.59 Å². The second kappa shape index (κ2) is 12.3. The number of hydrogen-bond donors (Lipinski definition) is 3. The van der Waals surface area contributed by atoms with Gasteiger partial charge in [0.05, 0.1) is 18.8 Å². The molecule has 0 aromatic rings. The fourth-order valence-corrected chi connectivity index (χ4v) is 3.17. The van der Waals surface area contributed by atoms with Crippen LogP contribution in [0.1, 0.15) is 60.8 Å². The molecule has 0 radical (unpaired) electrons. The molecule has 1 heterocycles. The Morgan fingerprint density at radius 2 is 1.59 bits per heavy atom. The third-order valence-corrected chi connectivity index (χ3v) is 4.52. The Morgan fingerprint density at radius 3 is 2.15 bits per heavy atom. The molecule has 1 aliphatic heterocycles. The minimum Gasteiger partial charge on any atom is -0.377 e. The number of amides is 2. The predicted molar refractivity (Wildman–Crippen MR) is 109 cm³/mol. The number of nitrogens with zero attached hydrogens (tertiary/aromatic N) is 1. The fraction of sp³-hybridized carbons (Fsp3) is 0.900. The molecule has 1 fully saturated rings. The number of nitrogens with one attached hydrogen (secondary N) is 3. The van der Waals surface area contributed by atoms with E-state index >= 15 is 0 Å². The van der Waals surface area contributed by atoms with Gasteiger partial charge in [0.2, 0.25) is 11.8 Å². The van der Waals surface area contributed by atoms with Gasteiger partial charge in [-0.25, -0.2) is 0 Å². The molecule has 0 aromatic heterocycles. The number of carbonyl (C=O) groups excluding carboxylic acids is 2. The fourth-order valence-electron chi connectivity index (χ4n) is 3.17. The van der Waals surface area contributed by atoms with E-state index < -0.39 is 0 Å². The van der Waals surface area contributed by atoms with Crippen molar-refractivity contribution in [3.63, 3.8) is 0 Å². The smallest absolute Gasteiger partial charge is 0.224 e. The van der Waals surface area contributed by atoms with Crippen molar-refractivity contribution in [1.82, 2.24) is 20.9 Å². The Hall–Kier alpha value is -1.18. The van der Waals surface area contributed by atoms with E-state index in [1.807, 2.05) is 18.7 Å². The summed E-state index contributed by atoms with van der Waals surface area (Å²) in [6, 6.07) is 0.759. The number of ether oxygens (including phenoxy) is 1. The summed E-state index contributed by atoms with van der Waals surface area (Å²) in [5, 5.41) is 9.62. The molecule has 2 atom stereocenters. The average molecular weight is 385 g/mol. The highest BCUT2D eigenvalue weighted by atomic mass is 16.5. The lowest BCUT2D eigenvalue weighted by molar-refractivity contribution is -0.133. The van der Waals surface area contributed by atoms with Crippen LogP contribution in [-0.4, -0.2) is 73.2 Å². The molecule has 0 aliphatic carbocycles. The average Bonchev–Trinajstić information content (AvgIpc) is 2.94. The third-order valence-electron chi connectivity index (χ3n) is 4.52. The van der Waals surface area contributed by atoms with E-state index in [2.05, 4.69) is 43.6 Å². The first-order valence-electron chi connectivity index (χ1n) is 10.4. The van der Waals surface area contributed by atoms with Gasteiger partial charge in [-0.15, -0.1) is 0 Å². The minimum atomic E-state index is -0.000629. The molecule has 2 amide bonds. The number of likely N-dealkylation sites (tertiary alicyclic amines) is 1. The lowest BCUT2D eigenvalue weighted by atomic mass is 10.1. The summed E-state index contributed by atoms with van der Waals surface area (Å²) < 4.78 is 5.76. The highest BCUT2D eigenvalue weighted by Crippen LogP contribution is 2.20. The van der Waals surface area contributed by atoms with Crippen molar-refractivity contribution in [2.45, 2.75) is 91.1 Å². The Labute approximate surface area is 165 Å². The molecule has 1 saturated heterocycles. The SMILES string of the molecule is CC(C)NCCC(=O)NC1CC(COC(C)C)N(C(=O)CCNC(C)C)C1. The molecule has 7 heteroatoms. The van der Waals surface area contributed by atoms with Gasteiger partial charge in [-0.1, -0.05) is 27.7 Å². The van der Waals surface area contributed by atoms with Crippen LogP contribution in [0.4, 0.5) is 0 Å². The maximum Gasteiger partial charge on any atom is 0.224 e. The van der Waals surface area contributed by atoms with Crippen molar-refractivity contribution in [2.75, 3.05) is 26.2 Å². The normalized spacial score (nSPS) is 20.1. The first kappa shape index (κ1) is 23.9. The van der Waals surface area contributed by atoms with E-state index in [1.165, 1.54) is 0 Å². The molecule has 3 N–H and O–H groups in total. The van der Waals surface area contributed by atoms with Crippen molar-refractivity contribution in [1.29, 1.82) is 0 Å². The van der Waals surface area contributed by atoms with Crippen LogP contribution in [0.15, 0.2) is 0 Å². The predicted octanol–water partition coefficient (Wildman–Crippen LogP) is 1.27. The number of rotatable bonds is 12. The topological polar surface area (TPSA) is 82.7 Å². The molecule has 27 heavy (non-hydrogen) atoms. The van der Waals surface area contributed by atoms with Crippen molar-refractivity contribution in [3.8, 4) is 0 Å². The third kappa shape index (κ3) is 10.1. The Morgan fingerprint density at radius 1 is 1.00 bits per heavy atom. The summed E-state index contributed by atoms with van der Waals surface area (Å²) in [7, 11) is 0. The molecule has 0 spiro atoms. The zero-order chi connectivity index (χ0) is 20.4. The summed E-state index contributed by atoms with van der Waals surface area (Å²) in [4.78, 5) is 26.7. The lowest BCUT2D eigenvalue weighted by Crippen LogP contribution is -2.42. The molecule has 1 aliphatic rings. The van der Waals surface area contributed by atoms with E-state index in [1.54, 1.807) is 0 Å². The quantitative estimate of drug-likeness (QED) is 0.472. The summed E-state index contributed by atoms with van der Waals surface area (Å²) >= 11 is 0. The summed E-state index contributed by atoms with van der Waals surface area (Å²) in [5.74, 6) is 0.159. The van der Waals surface area contributed by atoms with Crippen LogP contribution in [0.5, 0.6) is 0 Å². The van der Waals surface area contributed by atoms with Gasteiger partial charge in [-0.2, -0.15) is 0 Å². The van der Waals surface area contributed by atoms with Gasteiger partial charge >= 0.3 is 0 Å².